The Kier molecular flexibility index (Phi) is 3.93. The van der Waals surface area contributed by atoms with Crippen LogP contribution in [0.3, 0.4) is 0 Å². The van der Waals surface area contributed by atoms with Gasteiger partial charge >= 0.3 is 0 Å². The van der Waals surface area contributed by atoms with Crippen molar-refractivity contribution in [2.75, 3.05) is 19.9 Å². The van der Waals surface area contributed by atoms with Gasteiger partial charge in [0, 0.05) is 24.6 Å². The molecule has 3 heterocycles. The number of nitrogens with zero attached hydrogens (tertiary/aromatic N) is 2. The molecule has 1 saturated heterocycles. The molecule has 1 N–H and O–H groups in total. The molecule has 2 aromatic carbocycles. The van der Waals surface area contributed by atoms with Crippen LogP contribution in [-0.2, 0) is 0 Å². The fourth-order valence-corrected chi connectivity index (χ4v) is 4.09. The number of carbonyl (C=O) groups is 1. The van der Waals surface area contributed by atoms with Gasteiger partial charge in [-0.2, -0.15) is 0 Å². The van der Waals surface area contributed by atoms with Crippen molar-refractivity contribution >= 4 is 28.5 Å². The van der Waals surface area contributed by atoms with Crippen molar-refractivity contribution in [2.45, 2.75) is 18.8 Å². The molecule has 1 fully saturated rings. The SMILES string of the molecule is O=C(c1cc(Cl)c2c(c1)OCO2)N1CCCC(c2nc3ccccc3[nH]2)C1. The maximum absolute atomic E-state index is 13.0. The molecule has 1 aromatic heterocycles. The van der Waals surface area contributed by atoms with Gasteiger partial charge in [-0.05, 0) is 37.1 Å². The molecule has 0 radical (unpaired) electrons. The van der Waals surface area contributed by atoms with Crippen molar-refractivity contribution in [2.24, 2.45) is 0 Å². The second-order valence-electron chi connectivity index (χ2n) is 6.92. The van der Waals surface area contributed by atoms with Gasteiger partial charge in [0.2, 0.25) is 6.79 Å². The lowest BCUT2D eigenvalue weighted by molar-refractivity contribution is 0.0704. The van der Waals surface area contributed by atoms with Crippen molar-refractivity contribution in [1.82, 2.24) is 14.9 Å². The van der Waals surface area contributed by atoms with Crippen molar-refractivity contribution in [1.29, 1.82) is 0 Å². The van der Waals surface area contributed by atoms with E-state index in [1.807, 2.05) is 29.2 Å². The lowest BCUT2D eigenvalue weighted by Gasteiger charge is -2.32. The first-order valence-electron chi connectivity index (χ1n) is 9.02. The van der Waals surface area contributed by atoms with Crippen LogP contribution >= 0.6 is 11.6 Å². The molecular formula is C20H18ClN3O3. The van der Waals surface area contributed by atoms with E-state index >= 15 is 0 Å². The molecule has 27 heavy (non-hydrogen) atoms. The highest BCUT2D eigenvalue weighted by Gasteiger charge is 2.29. The van der Waals surface area contributed by atoms with Gasteiger partial charge in [0.15, 0.2) is 11.5 Å². The van der Waals surface area contributed by atoms with Crippen molar-refractivity contribution in [3.63, 3.8) is 0 Å². The Morgan fingerprint density at radius 1 is 1.26 bits per heavy atom. The lowest BCUT2D eigenvalue weighted by Crippen LogP contribution is -2.39. The number of ether oxygens (including phenoxy) is 2. The Bertz CT molecular complexity index is 999. The number of aromatic nitrogens is 2. The first kappa shape index (κ1) is 16.4. The molecule has 5 rings (SSSR count). The van der Waals surface area contributed by atoms with E-state index in [-0.39, 0.29) is 18.6 Å². The Hall–Kier alpha value is -2.73. The molecule has 7 heteroatoms. The Labute approximate surface area is 161 Å². The minimum absolute atomic E-state index is 0.0454. The number of aromatic amines is 1. The maximum Gasteiger partial charge on any atom is 0.254 e. The number of H-pyrrole nitrogens is 1. The number of piperidine rings is 1. The van der Waals surface area contributed by atoms with Crippen molar-refractivity contribution in [3.8, 4) is 11.5 Å². The third kappa shape index (κ3) is 2.90. The van der Waals surface area contributed by atoms with Gasteiger partial charge in [0.05, 0.1) is 16.1 Å². The van der Waals surface area contributed by atoms with E-state index in [1.165, 1.54) is 0 Å². The second-order valence-corrected chi connectivity index (χ2v) is 7.33. The normalized spacial score (nSPS) is 18.9. The summed E-state index contributed by atoms with van der Waals surface area (Å²) in [6, 6.07) is 11.4. The van der Waals surface area contributed by atoms with E-state index in [0.29, 0.717) is 28.6 Å². The fourth-order valence-electron chi connectivity index (χ4n) is 3.82. The van der Waals surface area contributed by atoms with Crippen molar-refractivity contribution in [3.05, 3.63) is 52.8 Å². The van der Waals surface area contributed by atoms with Crippen LogP contribution in [-0.4, -0.2) is 40.7 Å². The van der Waals surface area contributed by atoms with E-state index < -0.39 is 0 Å². The molecule has 2 aliphatic heterocycles. The van der Waals surface area contributed by atoms with Crippen LogP contribution in [0.25, 0.3) is 11.0 Å². The third-order valence-electron chi connectivity index (χ3n) is 5.18. The molecule has 1 unspecified atom stereocenters. The van der Waals surface area contributed by atoms with Crippen LogP contribution in [0.4, 0.5) is 0 Å². The van der Waals surface area contributed by atoms with Crippen LogP contribution in [0.5, 0.6) is 11.5 Å². The highest BCUT2D eigenvalue weighted by Crippen LogP contribution is 2.40. The average Bonchev–Trinajstić information content (AvgIpc) is 3.34. The summed E-state index contributed by atoms with van der Waals surface area (Å²) in [5, 5.41) is 0.402. The van der Waals surface area contributed by atoms with E-state index in [0.717, 1.165) is 36.2 Å². The summed E-state index contributed by atoms with van der Waals surface area (Å²) >= 11 is 6.24. The molecule has 0 bridgehead atoms. The standard InChI is InChI=1S/C20H18ClN3O3/c21-14-8-13(9-17-18(14)27-11-26-17)20(25)24-7-3-4-12(10-24)19-22-15-5-1-2-6-16(15)23-19/h1-2,5-6,8-9,12H,3-4,7,10-11H2,(H,22,23). The molecule has 0 aliphatic carbocycles. The van der Waals surface area contributed by atoms with E-state index in [2.05, 4.69) is 4.98 Å². The Balaban J connectivity index is 1.39. The lowest BCUT2D eigenvalue weighted by atomic mass is 9.96. The van der Waals surface area contributed by atoms with Gasteiger partial charge < -0.3 is 19.4 Å². The predicted molar refractivity (Wildman–Crippen MR) is 102 cm³/mol. The van der Waals surface area contributed by atoms with Gasteiger partial charge in [-0.1, -0.05) is 23.7 Å². The number of carbonyl (C=O) groups excluding carboxylic acids is 1. The first-order valence-corrected chi connectivity index (χ1v) is 9.40. The molecule has 1 amide bonds. The Morgan fingerprint density at radius 3 is 3.04 bits per heavy atom. The summed E-state index contributed by atoms with van der Waals surface area (Å²) in [5.41, 5.74) is 2.51. The summed E-state index contributed by atoms with van der Waals surface area (Å²) in [7, 11) is 0. The summed E-state index contributed by atoms with van der Waals surface area (Å²) < 4.78 is 10.7. The molecular weight excluding hydrogens is 366 g/mol. The van der Waals surface area contributed by atoms with E-state index in [4.69, 9.17) is 26.1 Å². The quantitative estimate of drug-likeness (QED) is 0.727. The molecule has 1 atom stereocenters. The summed E-state index contributed by atoms with van der Waals surface area (Å²) in [6.07, 6.45) is 1.94. The number of imidazole rings is 1. The van der Waals surface area contributed by atoms with Crippen LogP contribution < -0.4 is 9.47 Å². The molecule has 138 valence electrons. The summed E-state index contributed by atoms with van der Waals surface area (Å²) in [4.78, 5) is 23.0. The zero-order chi connectivity index (χ0) is 18.4. The number of amides is 1. The molecule has 0 saturated carbocycles. The number of para-hydroxylation sites is 2. The fraction of sp³-hybridized carbons (Fsp3) is 0.300. The minimum Gasteiger partial charge on any atom is -0.454 e. The van der Waals surface area contributed by atoms with Crippen LogP contribution in [0, 0.1) is 0 Å². The van der Waals surface area contributed by atoms with E-state index in [1.54, 1.807) is 12.1 Å². The highest BCUT2D eigenvalue weighted by atomic mass is 35.5. The van der Waals surface area contributed by atoms with E-state index in [9.17, 15) is 4.79 Å². The zero-order valence-corrected chi connectivity index (χ0v) is 15.3. The van der Waals surface area contributed by atoms with Gasteiger partial charge in [-0.15, -0.1) is 0 Å². The van der Waals surface area contributed by atoms with Gasteiger partial charge in [-0.25, -0.2) is 4.98 Å². The van der Waals surface area contributed by atoms with Gasteiger partial charge in [0.1, 0.15) is 5.82 Å². The molecule has 0 spiro atoms. The topological polar surface area (TPSA) is 67.5 Å². The van der Waals surface area contributed by atoms with Gasteiger partial charge in [-0.3, -0.25) is 4.79 Å². The summed E-state index contributed by atoms with van der Waals surface area (Å²) in [6.45, 7) is 1.48. The molecule has 6 nitrogen and oxygen atoms in total. The smallest absolute Gasteiger partial charge is 0.254 e. The van der Waals surface area contributed by atoms with Gasteiger partial charge in [0.25, 0.3) is 5.91 Å². The van der Waals surface area contributed by atoms with Crippen molar-refractivity contribution < 1.29 is 14.3 Å². The molecule has 2 aliphatic rings. The predicted octanol–water partition coefficient (Wildman–Crippen LogP) is 3.96. The second kappa shape index (κ2) is 6.46. The van der Waals surface area contributed by atoms with Crippen LogP contribution in [0.1, 0.15) is 34.9 Å². The number of hydrogen-bond donors (Lipinski definition) is 1. The summed E-state index contributed by atoms with van der Waals surface area (Å²) in [5.74, 6) is 2.12. The zero-order valence-electron chi connectivity index (χ0n) is 14.6. The number of fused-ring (bicyclic) bond motifs is 2. The van der Waals surface area contributed by atoms with Crippen LogP contribution in [0.2, 0.25) is 5.02 Å². The van der Waals surface area contributed by atoms with Crippen LogP contribution in [0.15, 0.2) is 36.4 Å². The Morgan fingerprint density at radius 2 is 2.15 bits per heavy atom. The number of nitrogens with one attached hydrogen (secondary N) is 1. The third-order valence-corrected chi connectivity index (χ3v) is 5.46. The highest BCUT2D eigenvalue weighted by molar-refractivity contribution is 6.32. The number of benzene rings is 2. The first-order chi connectivity index (χ1) is 13.2. The maximum atomic E-state index is 13.0. The monoisotopic (exact) mass is 383 g/mol. The molecule has 3 aromatic rings. The number of halogens is 1. The largest absolute Gasteiger partial charge is 0.454 e. The number of likely N-dealkylation sites (tertiary alicyclic amines) is 1. The number of hydrogen-bond acceptors (Lipinski definition) is 4. The number of rotatable bonds is 2. The average molecular weight is 384 g/mol. The minimum atomic E-state index is -0.0454.